The number of carbonyl (C=O) groups is 2. The molecule has 0 aromatic heterocycles. The molecule has 1 aliphatic heterocycles. The fourth-order valence-electron chi connectivity index (χ4n) is 2.68. The van der Waals surface area contributed by atoms with Crippen LogP contribution in [0.2, 0.25) is 0 Å². The maximum absolute atomic E-state index is 11.3. The monoisotopic (exact) mass is 297 g/mol. The Morgan fingerprint density at radius 2 is 1.77 bits per heavy atom. The third-order valence-electron chi connectivity index (χ3n) is 3.92. The summed E-state index contributed by atoms with van der Waals surface area (Å²) >= 11 is 0. The van der Waals surface area contributed by atoms with Crippen LogP contribution in [0.25, 0.3) is 11.1 Å². The largest absolute Gasteiger partial charge is 0.507 e. The number of amides is 1. The number of carboxylic acids is 1. The van der Waals surface area contributed by atoms with Gasteiger partial charge in [-0.15, -0.1) is 0 Å². The molecule has 0 bridgehead atoms. The minimum Gasteiger partial charge on any atom is -0.507 e. The number of carbonyl (C=O) groups excluding carboxylic acids is 1. The van der Waals surface area contributed by atoms with E-state index in [0.717, 1.165) is 16.7 Å². The van der Waals surface area contributed by atoms with Crippen molar-refractivity contribution in [1.82, 2.24) is 5.32 Å². The van der Waals surface area contributed by atoms with Crippen molar-refractivity contribution in [3.8, 4) is 16.9 Å². The SMILES string of the molecule is O=C1CC(c2ccc(-c3ccc(O)c(C(=O)O)c3)cc2)CN1. The summed E-state index contributed by atoms with van der Waals surface area (Å²) < 4.78 is 0. The van der Waals surface area contributed by atoms with Gasteiger partial charge in [-0.25, -0.2) is 4.79 Å². The lowest BCUT2D eigenvalue weighted by molar-refractivity contribution is -0.119. The number of hydrogen-bond donors (Lipinski definition) is 3. The average molecular weight is 297 g/mol. The van der Waals surface area contributed by atoms with E-state index in [0.29, 0.717) is 13.0 Å². The Kier molecular flexibility index (Phi) is 3.55. The van der Waals surface area contributed by atoms with Crippen molar-refractivity contribution in [2.24, 2.45) is 0 Å². The van der Waals surface area contributed by atoms with Crippen LogP contribution in [-0.2, 0) is 4.79 Å². The first-order valence-electron chi connectivity index (χ1n) is 6.98. The van der Waals surface area contributed by atoms with Crippen molar-refractivity contribution in [1.29, 1.82) is 0 Å². The number of aromatic carboxylic acids is 1. The van der Waals surface area contributed by atoms with Crippen LogP contribution in [0, 0.1) is 0 Å². The molecule has 5 nitrogen and oxygen atoms in total. The molecule has 1 heterocycles. The molecule has 3 N–H and O–H groups in total. The molecular formula is C17H15NO4. The first kappa shape index (κ1) is 14.1. The standard InChI is InChI=1S/C17H15NO4/c19-15-6-5-12(7-14(15)17(21)22)10-1-3-11(4-2-10)13-8-16(20)18-9-13/h1-7,13,19H,8-9H2,(H,18,20)(H,21,22). The molecule has 1 saturated heterocycles. The zero-order valence-corrected chi connectivity index (χ0v) is 11.7. The summed E-state index contributed by atoms with van der Waals surface area (Å²) in [5.74, 6) is -1.15. The number of nitrogens with one attached hydrogen (secondary N) is 1. The first-order valence-corrected chi connectivity index (χ1v) is 6.98. The van der Waals surface area contributed by atoms with Crippen LogP contribution < -0.4 is 5.32 Å². The van der Waals surface area contributed by atoms with E-state index in [1.54, 1.807) is 6.07 Å². The molecule has 1 aliphatic rings. The van der Waals surface area contributed by atoms with E-state index in [4.69, 9.17) is 5.11 Å². The molecule has 112 valence electrons. The van der Waals surface area contributed by atoms with Crippen LogP contribution >= 0.6 is 0 Å². The van der Waals surface area contributed by atoms with Gasteiger partial charge in [0.05, 0.1) is 0 Å². The van der Waals surface area contributed by atoms with Gasteiger partial charge >= 0.3 is 5.97 Å². The van der Waals surface area contributed by atoms with Crippen LogP contribution in [0.5, 0.6) is 5.75 Å². The smallest absolute Gasteiger partial charge is 0.339 e. The Morgan fingerprint density at radius 3 is 2.36 bits per heavy atom. The van der Waals surface area contributed by atoms with Gasteiger partial charge in [0.15, 0.2) is 0 Å². The van der Waals surface area contributed by atoms with Gasteiger partial charge in [0.1, 0.15) is 11.3 Å². The number of carboxylic acid groups (broad SMARTS) is 1. The normalized spacial score (nSPS) is 17.3. The Labute approximate surface area is 127 Å². The Morgan fingerprint density at radius 1 is 1.09 bits per heavy atom. The highest BCUT2D eigenvalue weighted by atomic mass is 16.4. The molecule has 1 fully saturated rings. The van der Waals surface area contributed by atoms with E-state index in [2.05, 4.69) is 5.32 Å². The second kappa shape index (κ2) is 5.52. The Hall–Kier alpha value is -2.82. The van der Waals surface area contributed by atoms with E-state index in [1.807, 2.05) is 24.3 Å². The van der Waals surface area contributed by atoms with Gasteiger partial charge in [0.2, 0.25) is 5.91 Å². The second-order valence-electron chi connectivity index (χ2n) is 5.36. The van der Waals surface area contributed by atoms with E-state index < -0.39 is 5.97 Å². The fraction of sp³-hybridized carbons (Fsp3) is 0.176. The van der Waals surface area contributed by atoms with E-state index >= 15 is 0 Å². The lowest BCUT2D eigenvalue weighted by Gasteiger charge is -2.10. The predicted molar refractivity (Wildman–Crippen MR) is 80.9 cm³/mol. The van der Waals surface area contributed by atoms with Gasteiger partial charge in [0.25, 0.3) is 0 Å². The minimum atomic E-state index is -1.16. The van der Waals surface area contributed by atoms with Gasteiger partial charge in [-0.2, -0.15) is 0 Å². The molecule has 3 rings (SSSR count). The van der Waals surface area contributed by atoms with Gasteiger partial charge in [-0.3, -0.25) is 4.79 Å². The van der Waals surface area contributed by atoms with Crippen molar-refractivity contribution >= 4 is 11.9 Å². The molecule has 1 amide bonds. The lowest BCUT2D eigenvalue weighted by atomic mass is 9.95. The minimum absolute atomic E-state index is 0.0683. The van der Waals surface area contributed by atoms with Crippen LogP contribution in [0.3, 0.4) is 0 Å². The maximum atomic E-state index is 11.3. The highest BCUT2D eigenvalue weighted by Gasteiger charge is 2.22. The zero-order valence-electron chi connectivity index (χ0n) is 11.7. The highest BCUT2D eigenvalue weighted by Crippen LogP contribution is 2.29. The third kappa shape index (κ3) is 2.65. The summed E-state index contributed by atoms with van der Waals surface area (Å²) in [6, 6.07) is 12.2. The van der Waals surface area contributed by atoms with Crippen LogP contribution in [0.4, 0.5) is 0 Å². The lowest BCUT2D eigenvalue weighted by Crippen LogP contribution is -2.13. The van der Waals surface area contributed by atoms with Crippen molar-refractivity contribution < 1.29 is 19.8 Å². The summed E-state index contributed by atoms with van der Waals surface area (Å²) in [4.78, 5) is 22.3. The fourth-order valence-corrected chi connectivity index (χ4v) is 2.68. The molecule has 5 heteroatoms. The number of phenols is 1. The molecule has 0 radical (unpaired) electrons. The predicted octanol–water partition coefficient (Wildman–Crippen LogP) is 2.36. The van der Waals surface area contributed by atoms with E-state index in [1.165, 1.54) is 12.1 Å². The molecule has 2 aromatic carbocycles. The van der Waals surface area contributed by atoms with Gasteiger partial charge in [-0.1, -0.05) is 30.3 Å². The van der Waals surface area contributed by atoms with Crippen molar-refractivity contribution in [2.75, 3.05) is 6.54 Å². The van der Waals surface area contributed by atoms with Gasteiger partial charge in [-0.05, 0) is 28.8 Å². The molecule has 0 saturated carbocycles. The topological polar surface area (TPSA) is 86.6 Å². The van der Waals surface area contributed by atoms with Gasteiger partial charge in [0, 0.05) is 18.9 Å². The Bertz CT molecular complexity index is 737. The molecule has 0 spiro atoms. The first-order chi connectivity index (χ1) is 10.5. The van der Waals surface area contributed by atoms with Crippen LogP contribution in [0.1, 0.15) is 28.3 Å². The molecule has 22 heavy (non-hydrogen) atoms. The molecule has 0 aliphatic carbocycles. The van der Waals surface area contributed by atoms with Gasteiger partial charge < -0.3 is 15.5 Å². The van der Waals surface area contributed by atoms with Crippen molar-refractivity contribution in [3.05, 3.63) is 53.6 Å². The summed E-state index contributed by atoms with van der Waals surface area (Å²) in [6.45, 7) is 0.653. The summed E-state index contributed by atoms with van der Waals surface area (Å²) in [5, 5.41) is 21.4. The molecule has 2 aromatic rings. The number of rotatable bonds is 3. The second-order valence-corrected chi connectivity index (χ2v) is 5.36. The van der Waals surface area contributed by atoms with Crippen LogP contribution in [-0.4, -0.2) is 28.6 Å². The quantitative estimate of drug-likeness (QED) is 0.811. The maximum Gasteiger partial charge on any atom is 0.339 e. The number of benzene rings is 2. The Balaban J connectivity index is 1.88. The summed E-state index contributed by atoms with van der Waals surface area (Å²) in [7, 11) is 0. The zero-order chi connectivity index (χ0) is 15.7. The number of aromatic hydroxyl groups is 1. The van der Waals surface area contributed by atoms with E-state index in [-0.39, 0.29) is 23.1 Å². The average Bonchev–Trinajstić information content (AvgIpc) is 2.94. The van der Waals surface area contributed by atoms with E-state index in [9.17, 15) is 14.7 Å². The molecular weight excluding hydrogens is 282 g/mol. The highest BCUT2D eigenvalue weighted by molar-refractivity contribution is 5.92. The van der Waals surface area contributed by atoms with Crippen LogP contribution in [0.15, 0.2) is 42.5 Å². The summed E-state index contributed by atoms with van der Waals surface area (Å²) in [6.07, 6.45) is 0.502. The van der Waals surface area contributed by atoms with Crippen molar-refractivity contribution in [2.45, 2.75) is 12.3 Å². The number of hydrogen-bond acceptors (Lipinski definition) is 3. The molecule has 1 unspecified atom stereocenters. The summed E-state index contributed by atoms with van der Waals surface area (Å²) in [5.41, 5.74) is 2.55. The molecule has 1 atom stereocenters. The third-order valence-corrected chi connectivity index (χ3v) is 3.92. The van der Waals surface area contributed by atoms with Crippen molar-refractivity contribution in [3.63, 3.8) is 0 Å².